The lowest BCUT2D eigenvalue weighted by atomic mass is 9.73. The summed E-state index contributed by atoms with van der Waals surface area (Å²) in [4.78, 5) is 24.1. The Morgan fingerprint density at radius 2 is 1.59 bits per heavy atom. The maximum Gasteiger partial charge on any atom is 0.235 e. The van der Waals surface area contributed by atoms with Gasteiger partial charge in [0, 0.05) is 26.3 Å². The average Bonchev–Trinajstić information content (AvgIpc) is 2.76. The summed E-state index contributed by atoms with van der Waals surface area (Å²) in [5.41, 5.74) is 1.05. The van der Waals surface area contributed by atoms with Crippen LogP contribution in [-0.4, -0.2) is 55.4 Å². The molecule has 2 saturated heterocycles. The van der Waals surface area contributed by atoms with Crippen LogP contribution in [0.4, 0.5) is 11.6 Å². The van der Waals surface area contributed by atoms with Gasteiger partial charge in [0.25, 0.3) is 0 Å². The zero-order valence-corrected chi connectivity index (χ0v) is 15.3. The first-order valence-corrected chi connectivity index (χ1v) is 9.37. The molecule has 0 aliphatic carbocycles. The third kappa shape index (κ3) is 3.79. The normalized spacial score (nSPS) is 19.5. The third-order valence-electron chi connectivity index (χ3n) is 5.30. The summed E-state index contributed by atoms with van der Waals surface area (Å²) in [7, 11) is 0. The van der Waals surface area contributed by atoms with Crippen LogP contribution in [0.25, 0.3) is 0 Å². The minimum atomic E-state index is -0.581. The van der Waals surface area contributed by atoms with Gasteiger partial charge in [0.1, 0.15) is 0 Å². The number of carbonyl (C=O) groups is 1. The molecular formula is C20H24N4O3. The molecule has 27 heavy (non-hydrogen) atoms. The zero-order valence-electron chi connectivity index (χ0n) is 15.3. The molecule has 2 aliphatic heterocycles. The number of hydrogen-bond donors (Lipinski definition) is 1. The van der Waals surface area contributed by atoms with Gasteiger partial charge in [-0.25, -0.2) is 9.97 Å². The summed E-state index contributed by atoms with van der Waals surface area (Å²) < 4.78 is 10.9. The second kappa shape index (κ2) is 8.02. The van der Waals surface area contributed by atoms with Crippen molar-refractivity contribution >= 4 is 17.5 Å². The molecule has 0 saturated carbocycles. The van der Waals surface area contributed by atoms with Gasteiger partial charge in [-0.1, -0.05) is 30.3 Å². The Morgan fingerprint density at radius 3 is 2.26 bits per heavy atom. The van der Waals surface area contributed by atoms with Gasteiger partial charge < -0.3 is 19.7 Å². The van der Waals surface area contributed by atoms with Crippen molar-refractivity contribution in [2.24, 2.45) is 0 Å². The highest BCUT2D eigenvalue weighted by Gasteiger charge is 2.41. The summed E-state index contributed by atoms with van der Waals surface area (Å²) >= 11 is 0. The topological polar surface area (TPSA) is 76.6 Å². The van der Waals surface area contributed by atoms with E-state index in [0.29, 0.717) is 50.9 Å². The van der Waals surface area contributed by atoms with Crippen LogP contribution >= 0.6 is 0 Å². The van der Waals surface area contributed by atoms with E-state index >= 15 is 0 Å². The molecule has 0 unspecified atom stereocenters. The van der Waals surface area contributed by atoms with E-state index in [2.05, 4.69) is 20.2 Å². The predicted octanol–water partition coefficient (Wildman–Crippen LogP) is 2.00. The fourth-order valence-electron chi connectivity index (χ4n) is 3.69. The number of nitrogens with one attached hydrogen (secondary N) is 1. The monoisotopic (exact) mass is 368 g/mol. The summed E-state index contributed by atoms with van der Waals surface area (Å²) in [6, 6.07) is 9.94. The van der Waals surface area contributed by atoms with E-state index in [1.54, 1.807) is 12.4 Å². The number of nitrogens with zero attached hydrogens (tertiary/aromatic N) is 3. The lowest BCUT2D eigenvalue weighted by Crippen LogP contribution is -2.44. The Morgan fingerprint density at radius 1 is 0.963 bits per heavy atom. The molecule has 3 heterocycles. The molecule has 0 atom stereocenters. The van der Waals surface area contributed by atoms with Crippen molar-refractivity contribution < 1.29 is 14.3 Å². The summed E-state index contributed by atoms with van der Waals surface area (Å²) in [6.45, 7) is 4.09. The van der Waals surface area contributed by atoms with Crippen LogP contribution in [0.3, 0.4) is 0 Å². The maximum absolute atomic E-state index is 13.2. The maximum atomic E-state index is 13.2. The summed E-state index contributed by atoms with van der Waals surface area (Å²) in [5, 5.41) is 3.02. The van der Waals surface area contributed by atoms with Crippen molar-refractivity contribution in [3.63, 3.8) is 0 Å². The van der Waals surface area contributed by atoms with Crippen LogP contribution in [0.15, 0.2) is 42.7 Å². The highest BCUT2D eigenvalue weighted by molar-refractivity contribution is 5.99. The zero-order chi connectivity index (χ0) is 18.5. The Labute approximate surface area is 158 Å². The van der Waals surface area contributed by atoms with Crippen LogP contribution in [0.1, 0.15) is 18.4 Å². The lowest BCUT2D eigenvalue weighted by Gasteiger charge is -2.36. The largest absolute Gasteiger partial charge is 0.381 e. The first-order chi connectivity index (χ1) is 13.3. The molecule has 0 radical (unpaired) electrons. The van der Waals surface area contributed by atoms with Crippen LogP contribution < -0.4 is 10.2 Å². The van der Waals surface area contributed by atoms with Gasteiger partial charge in [0.15, 0.2) is 0 Å². The summed E-state index contributed by atoms with van der Waals surface area (Å²) in [5.74, 6) is 0.639. The fraction of sp³-hybridized carbons (Fsp3) is 0.450. The van der Waals surface area contributed by atoms with Crippen molar-refractivity contribution in [2.45, 2.75) is 18.3 Å². The number of aromatic nitrogens is 2. The molecule has 1 N–H and O–H groups in total. The highest BCUT2D eigenvalue weighted by atomic mass is 16.5. The van der Waals surface area contributed by atoms with Gasteiger partial charge in [-0.2, -0.15) is 0 Å². The number of ether oxygens (including phenoxy) is 2. The second-order valence-corrected chi connectivity index (χ2v) is 6.89. The second-order valence-electron chi connectivity index (χ2n) is 6.89. The lowest BCUT2D eigenvalue weighted by molar-refractivity contribution is -0.125. The van der Waals surface area contributed by atoms with E-state index in [9.17, 15) is 4.79 Å². The van der Waals surface area contributed by atoms with E-state index < -0.39 is 5.41 Å². The van der Waals surface area contributed by atoms with Crippen molar-refractivity contribution in [3.05, 3.63) is 48.3 Å². The number of hydrogen-bond acceptors (Lipinski definition) is 6. The molecule has 1 aromatic carbocycles. The van der Waals surface area contributed by atoms with Crippen LogP contribution in [-0.2, 0) is 19.7 Å². The molecule has 1 amide bonds. The average molecular weight is 368 g/mol. The first kappa shape index (κ1) is 17.9. The Balaban J connectivity index is 1.51. The molecule has 0 spiro atoms. The van der Waals surface area contributed by atoms with Gasteiger partial charge in [-0.3, -0.25) is 4.79 Å². The highest BCUT2D eigenvalue weighted by Crippen LogP contribution is 2.36. The van der Waals surface area contributed by atoms with E-state index in [1.807, 2.05) is 30.3 Å². The Kier molecular flexibility index (Phi) is 5.31. The van der Waals surface area contributed by atoms with Gasteiger partial charge in [-0.05, 0) is 18.4 Å². The molecular weight excluding hydrogens is 344 g/mol. The molecule has 7 heteroatoms. The van der Waals surface area contributed by atoms with Gasteiger partial charge in [-0.15, -0.1) is 0 Å². The van der Waals surface area contributed by atoms with Crippen LogP contribution in [0.2, 0.25) is 0 Å². The smallest absolute Gasteiger partial charge is 0.235 e. The minimum absolute atomic E-state index is 0.0280. The van der Waals surface area contributed by atoms with E-state index in [4.69, 9.17) is 9.47 Å². The number of amides is 1. The van der Waals surface area contributed by atoms with E-state index in [0.717, 1.165) is 18.7 Å². The number of benzene rings is 1. The minimum Gasteiger partial charge on any atom is -0.381 e. The summed E-state index contributed by atoms with van der Waals surface area (Å²) in [6.07, 6.45) is 4.67. The Hall–Kier alpha value is -2.51. The van der Waals surface area contributed by atoms with Gasteiger partial charge >= 0.3 is 0 Å². The molecule has 2 aliphatic rings. The Bertz CT molecular complexity index is 755. The van der Waals surface area contributed by atoms with Gasteiger partial charge in [0.05, 0.1) is 36.7 Å². The number of anilines is 2. The molecule has 2 fully saturated rings. The fourth-order valence-corrected chi connectivity index (χ4v) is 3.69. The van der Waals surface area contributed by atoms with Crippen LogP contribution in [0.5, 0.6) is 0 Å². The first-order valence-electron chi connectivity index (χ1n) is 9.37. The third-order valence-corrected chi connectivity index (χ3v) is 5.30. The molecule has 142 valence electrons. The molecule has 0 bridgehead atoms. The molecule has 7 nitrogen and oxygen atoms in total. The predicted molar refractivity (Wildman–Crippen MR) is 102 cm³/mol. The van der Waals surface area contributed by atoms with Crippen molar-refractivity contribution in [3.8, 4) is 0 Å². The van der Waals surface area contributed by atoms with Crippen molar-refractivity contribution in [2.75, 3.05) is 49.7 Å². The van der Waals surface area contributed by atoms with Crippen molar-refractivity contribution in [1.82, 2.24) is 9.97 Å². The van der Waals surface area contributed by atoms with Crippen LogP contribution in [0, 0.1) is 0 Å². The number of carbonyl (C=O) groups excluding carboxylic acids is 1. The SMILES string of the molecule is O=C(Nc1cnc(N2CCOCC2)nc1)C1(c2ccccc2)CCOCC1. The molecule has 2 aromatic rings. The van der Waals surface area contributed by atoms with Gasteiger partial charge in [0.2, 0.25) is 11.9 Å². The molecule has 4 rings (SSSR count). The number of rotatable bonds is 4. The quantitative estimate of drug-likeness (QED) is 0.890. The van der Waals surface area contributed by atoms with E-state index in [-0.39, 0.29) is 5.91 Å². The standard InChI is InChI=1S/C20H24N4O3/c25-18(20(6-10-26-11-7-20)16-4-2-1-3-5-16)23-17-14-21-19(22-15-17)24-8-12-27-13-9-24/h1-5,14-15H,6-13H2,(H,23,25). The van der Waals surface area contributed by atoms with E-state index in [1.165, 1.54) is 0 Å². The van der Waals surface area contributed by atoms with Crippen molar-refractivity contribution in [1.29, 1.82) is 0 Å². The molecule has 1 aromatic heterocycles. The number of morpholine rings is 1.